The van der Waals surface area contributed by atoms with Gasteiger partial charge in [0.2, 0.25) is 5.88 Å². The lowest BCUT2D eigenvalue weighted by molar-refractivity contribution is 0.111. The summed E-state index contributed by atoms with van der Waals surface area (Å²) in [5.41, 5.74) is 2.53. The molecule has 2 heterocycles. The minimum atomic E-state index is 0.340. The van der Waals surface area contributed by atoms with E-state index in [1.807, 2.05) is 24.3 Å². The van der Waals surface area contributed by atoms with Crippen LogP contribution in [0.1, 0.15) is 43.7 Å². The molecule has 4 heteroatoms. The number of hydrogen-bond donors (Lipinski definition) is 0. The molecule has 134 valence electrons. The van der Waals surface area contributed by atoms with Gasteiger partial charge in [0.15, 0.2) is 0 Å². The smallest absolute Gasteiger partial charge is 0.213 e. The zero-order valence-corrected chi connectivity index (χ0v) is 15.1. The van der Waals surface area contributed by atoms with Crippen molar-refractivity contribution in [3.05, 3.63) is 53.7 Å². The van der Waals surface area contributed by atoms with Crippen molar-refractivity contribution in [3.8, 4) is 11.6 Å². The maximum atomic E-state index is 5.73. The van der Waals surface area contributed by atoms with Crippen molar-refractivity contribution in [2.45, 2.75) is 45.1 Å². The first-order valence-electron chi connectivity index (χ1n) is 9.13. The summed E-state index contributed by atoms with van der Waals surface area (Å²) in [7, 11) is 0. The van der Waals surface area contributed by atoms with Crippen LogP contribution in [0.25, 0.3) is 0 Å². The molecular weight excluding hydrogens is 314 g/mol. The minimum Gasteiger partial charge on any atom is -0.490 e. The Hall–Kier alpha value is -2.07. The monoisotopic (exact) mass is 341 g/mol. The Morgan fingerprint density at radius 3 is 2.64 bits per heavy atom. The summed E-state index contributed by atoms with van der Waals surface area (Å²) in [5, 5.41) is 0. The van der Waals surface area contributed by atoms with Crippen LogP contribution in [0.3, 0.4) is 0 Å². The quantitative estimate of drug-likeness (QED) is 0.668. The SMILES string of the molecule is CC(C)c1ccc(OCCOc2cc(CC3CCCO3)ccn2)cc1. The van der Waals surface area contributed by atoms with Crippen molar-refractivity contribution >= 4 is 0 Å². The van der Waals surface area contributed by atoms with Crippen molar-refractivity contribution in [1.82, 2.24) is 4.98 Å². The van der Waals surface area contributed by atoms with Gasteiger partial charge in [0, 0.05) is 18.9 Å². The lowest BCUT2D eigenvalue weighted by Crippen LogP contribution is -2.11. The van der Waals surface area contributed by atoms with Gasteiger partial charge in [-0.25, -0.2) is 4.98 Å². The third kappa shape index (κ3) is 5.46. The fraction of sp³-hybridized carbons (Fsp3) is 0.476. The number of rotatable bonds is 8. The maximum absolute atomic E-state index is 5.73. The molecule has 0 radical (unpaired) electrons. The Kier molecular flexibility index (Phi) is 6.29. The van der Waals surface area contributed by atoms with E-state index in [1.165, 1.54) is 11.1 Å². The Bertz CT molecular complexity index is 648. The van der Waals surface area contributed by atoms with Crippen LogP contribution in [0.4, 0.5) is 0 Å². The van der Waals surface area contributed by atoms with E-state index < -0.39 is 0 Å². The number of benzene rings is 1. The zero-order chi connectivity index (χ0) is 17.5. The Morgan fingerprint density at radius 1 is 1.12 bits per heavy atom. The van der Waals surface area contributed by atoms with Gasteiger partial charge in [0.25, 0.3) is 0 Å². The summed E-state index contributed by atoms with van der Waals surface area (Å²) >= 11 is 0. The molecule has 1 atom stereocenters. The highest BCUT2D eigenvalue weighted by molar-refractivity contribution is 5.28. The molecule has 1 aliphatic heterocycles. The first-order valence-corrected chi connectivity index (χ1v) is 9.13. The molecule has 0 spiro atoms. The second-order valence-corrected chi connectivity index (χ2v) is 6.76. The Balaban J connectivity index is 1.42. The van der Waals surface area contributed by atoms with Gasteiger partial charge >= 0.3 is 0 Å². The highest BCUT2D eigenvalue weighted by atomic mass is 16.5. The summed E-state index contributed by atoms with van der Waals surface area (Å²) in [5.74, 6) is 2.05. The summed E-state index contributed by atoms with van der Waals surface area (Å²) in [6, 6.07) is 12.3. The van der Waals surface area contributed by atoms with Crippen LogP contribution in [0.5, 0.6) is 11.6 Å². The van der Waals surface area contributed by atoms with Crippen molar-refractivity contribution in [1.29, 1.82) is 0 Å². The Labute approximate surface area is 150 Å². The van der Waals surface area contributed by atoms with E-state index in [2.05, 4.69) is 31.0 Å². The number of aromatic nitrogens is 1. The maximum Gasteiger partial charge on any atom is 0.213 e. The van der Waals surface area contributed by atoms with Gasteiger partial charge in [-0.3, -0.25) is 0 Å². The molecule has 0 bridgehead atoms. The molecule has 0 N–H and O–H groups in total. The highest BCUT2D eigenvalue weighted by Crippen LogP contribution is 2.20. The summed E-state index contributed by atoms with van der Waals surface area (Å²) < 4.78 is 17.1. The second kappa shape index (κ2) is 8.86. The topological polar surface area (TPSA) is 40.6 Å². The molecular formula is C21H27NO3. The van der Waals surface area contributed by atoms with Crippen LogP contribution >= 0.6 is 0 Å². The van der Waals surface area contributed by atoms with E-state index in [4.69, 9.17) is 14.2 Å². The van der Waals surface area contributed by atoms with Crippen LogP contribution in [0.2, 0.25) is 0 Å². The molecule has 25 heavy (non-hydrogen) atoms. The predicted molar refractivity (Wildman–Crippen MR) is 98.4 cm³/mol. The van der Waals surface area contributed by atoms with Crippen LogP contribution in [-0.4, -0.2) is 30.9 Å². The normalized spacial score (nSPS) is 17.0. The third-order valence-electron chi connectivity index (χ3n) is 4.44. The lowest BCUT2D eigenvalue weighted by atomic mass is 10.0. The summed E-state index contributed by atoms with van der Waals surface area (Å²) in [6.45, 7) is 6.23. The summed E-state index contributed by atoms with van der Waals surface area (Å²) in [4.78, 5) is 4.27. The highest BCUT2D eigenvalue weighted by Gasteiger charge is 2.16. The summed E-state index contributed by atoms with van der Waals surface area (Å²) in [6.07, 6.45) is 5.37. The molecule has 1 aromatic carbocycles. The largest absolute Gasteiger partial charge is 0.490 e. The van der Waals surface area contributed by atoms with Gasteiger partial charge in [0.05, 0.1) is 6.10 Å². The molecule has 1 saturated heterocycles. The van der Waals surface area contributed by atoms with Gasteiger partial charge in [-0.1, -0.05) is 26.0 Å². The van der Waals surface area contributed by atoms with Gasteiger partial charge < -0.3 is 14.2 Å². The molecule has 1 unspecified atom stereocenters. The molecule has 1 aromatic heterocycles. The molecule has 0 aliphatic carbocycles. The fourth-order valence-corrected chi connectivity index (χ4v) is 2.98. The van der Waals surface area contributed by atoms with E-state index in [-0.39, 0.29) is 0 Å². The third-order valence-corrected chi connectivity index (χ3v) is 4.44. The van der Waals surface area contributed by atoms with Gasteiger partial charge in [0.1, 0.15) is 19.0 Å². The van der Waals surface area contributed by atoms with Crippen molar-refractivity contribution < 1.29 is 14.2 Å². The van der Waals surface area contributed by atoms with E-state index in [1.54, 1.807) is 6.20 Å². The molecule has 0 amide bonds. The van der Waals surface area contributed by atoms with Crippen LogP contribution < -0.4 is 9.47 Å². The molecule has 3 rings (SSSR count). The number of nitrogens with zero attached hydrogens (tertiary/aromatic N) is 1. The van der Waals surface area contributed by atoms with E-state index >= 15 is 0 Å². The molecule has 4 nitrogen and oxygen atoms in total. The molecule has 2 aromatic rings. The fourth-order valence-electron chi connectivity index (χ4n) is 2.98. The molecule has 1 fully saturated rings. The minimum absolute atomic E-state index is 0.340. The standard InChI is InChI=1S/C21H27NO3/c1-16(2)18-5-7-19(8-6-18)24-12-13-25-21-15-17(9-10-22-21)14-20-4-3-11-23-20/h5-10,15-16,20H,3-4,11-14H2,1-2H3. The van der Waals surface area contributed by atoms with E-state index in [0.29, 0.717) is 31.1 Å². The average molecular weight is 341 g/mol. The van der Waals surface area contributed by atoms with Crippen molar-refractivity contribution in [2.24, 2.45) is 0 Å². The van der Waals surface area contributed by atoms with E-state index in [9.17, 15) is 0 Å². The zero-order valence-electron chi connectivity index (χ0n) is 15.1. The number of ether oxygens (including phenoxy) is 3. The predicted octanol–water partition coefficient (Wildman–Crippen LogP) is 4.38. The van der Waals surface area contributed by atoms with Crippen molar-refractivity contribution in [3.63, 3.8) is 0 Å². The van der Waals surface area contributed by atoms with E-state index in [0.717, 1.165) is 31.6 Å². The van der Waals surface area contributed by atoms with Crippen LogP contribution in [-0.2, 0) is 11.2 Å². The lowest BCUT2D eigenvalue weighted by Gasteiger charge is -2.11. The average Bonchev–Trinajstić information content (AvgIpc) is 3.12. The molecule has 1 aliphatic rings. The first-order chi connectivity index (χ1) is 12.2. The number of pyridine rings is 1. The van der Waals surface area contributed by atoms with Gasteiger partial charge in [-0.15, -0.1) is 0 Å². The second-order valence-electron chi connectivity index (χ2n) is 6.76. The van der Waals surface area contributed by atoms with Crippen LogP contribution in [0.15, 0.2) is 42.6 Å². The van der Waals surface area contributed by atoms with Gasteiger partial charge in [-0.2, -0.15) is 0 Å². The molecule has 0 saturated carbocycles. The van der Waals surface area contributed by atoms with Gasteiger partial charge in [-0.05, 0) is 54.5 Å². The van der Waals surface area contributed by atoms with Crippen molar-refractivity contribution in [2.75, 3.05) is 19.8 Å². The Morgan fingerprint density at radius 2 is 1.92 bits per heavy atom. The number of hydrogen-bond acceptors (Lipinski definition) is 4. The van der Waals surface area contributed by atoms with Crippen LogP contribution in [0, 0.1) is 0 Å². The first kappa shape index (κ1) is 17.7.